The van der Waals surface area contributed by atoms with Gasteiger partial charge in [-0.25, -0.2) is 4.98 Å². The number of nitrogens with zero attached hydrogens (tertiary/aromatic N) is 2. The van der Waals surface area contributed by atoms with Gasteiger partial charge in [-0.2, -0.15) is 0 Å². The van der Waals surface area contributed by atoms with E-state index in [1.165, 1.54) is 0 Å². The van der Waals surface area contributed by atoms with Gasteiger partial charge in [0.1, 0.15) is 5.82 Å². The van der Waals surface area contributed by atoms with E-state index < -0.39 is 5.41 Å². The molecule has 4 heteroatoms. The number of carbonyl (C=O) groups excluding carboxylic acids is 1. The highest BCUT2D eigenvalue weighted by molar-refractivity contribution is 6.31. The number of halogens is 1. The van der Waals surface area contributed by atoms with E-state index in [0.29, 0.717) is 5.02 Å². The summed E-state index contributed by atoms with van der Waals surface area (Å²) in [5.74, 6) is 0.795. The van der Waals surface area contributed by atoms with E-state index in [2.05, 4.69) is 4.98 Å². The van der Waals surface area contributed by atoms with Crippen LogP contribution in [-0.2, 0) is 5.41 Å². The summed E-state index contributed by atoms with van der Waals surface area (Å²) in [6.45, 7) is 1.83. The first-order valence-electron chi connectivity index (χ1n) is 5.95. The van der Waals surface area contributed by atoms with Crippen LogP contribution in [0.15, 0.2) is 36.7 Å². The fourth-order valence-electron chi connectivity index (χ4n) is 2.40. The molecule has 1 fully saturated rings. The highest BCUT2D eigenvalue weighted by Gasteiger charge is 2.53. The third-order valence-corrected chi connectivity index (χ3v) is 3.92. The molecule has 1 aliphatic rings. The van der Waals surface area contributed by atoms with Crippen molar-refractivity contribution in [3.8, 4) is 0 Å². The molecule has 0 saturated heterocycles. The number of hydrogen-bond acceptors (Lipinski definition) is 2. The summed E-state index contributed by atoms with van der Waals surface area (Å²) in [6, 6.07) is 7.59. The molecule has 0 aliphatic heterocycles. The van der Waals surface area contributed by atoms with Crippen LogP contribution in [-0.4, -0.2) is 15.5 Å². The summed E-state index contributed by atoms with van der Waals surface area (Å²) in [5.41, 5.74) is 0.494. The van der Waals surface area contributed by atoms with Gasteiger partial charge in [0, 0.05) is 17.4 Å². The molecule has 0 unspecified atom stereocenters. The van der Waals surface area contributed by atoms with Gasteiger partial charge in [-0.3, -0.25) is 9.36 Å². The summed E-state index contributed by atoms with van der Waals surface area (Å²) in [5, 5.41) is 0.668. The van der Waals surface area contributed by atoms with Gasteiger partial charge in [-0.1, -0.05) is 29.8 Å². The molecule has 92 valence electrons. The van der Waals surface area contributed by atoms with Crippen molar-refractivity contribution in [1.29, 1.82) is 0 Å². The average molecular weight is 261 g/mol. The second kappa shape index (κ2) is 3.95. The summed E-state index contributed by atoms with van der Waals surface area (Å²) >= 11 is 6.22. The zero-order chi connectivity index (χ0) is 12.8. The molecule has 1 heterocycles. The molecule has 0 spiro atoms. The van der Waals surface area contributed by atoms with Crippen LogP contribution in [0.5, 0.6) is 0 Å². The SMILES string of the molecule is Cc1nccn1C(=O)C1(c2ccccc2Cl)CC1. The van der Waals surface area contributed by atoms with E-state index in [0.717, 1.165) is 24.2 Å². The highest BCUT2D eigenvalue weighted by atomic mass is 35.5. The Kier molecular flexibility index (Phi) is 2.52. The number of benzene rings is 1. The number of hydrogen-bond donors (Lipinski definition) is 0. The minimum absolute atomic E-state index is 0.0746. The largest absolute Gasteiger partial charge is 0.273 e. The Bertz CT molecular complexity index is 614. The Morgan fingerprint density at radius 1 is 1.39 bits per heavy atom. The lowest BCUT2D eigenvalue weighted by molar-refractivity contribution is 0.0860. The van der Waals surface area contributed by atoms with Crippen molar-refractivity contribution >= 4 is 17.5 Å². The molecule has 3 nitrogen and oxygen atoms in total. The first kappa shape index (κ1) is 11.5. The van der Waals surface area contributed by atoms with E-state index >= 15 is 0 Å². The van der Waals surface area contributed by atoms with Gasteiger partial charge in [0.25, 0.3) is 0 Å². The molecule has 1 aromatic heterocycles. The Morgan fingerprint density at radius 3 is 2.67 bits per heavy atom. The minimum Gasteiger partial charge on any atom is -0.273 e. The highest BCUT2D eigenvalue weighted by Crippen LogP contribution is 2.51. The average Bonchev–Trinajstić information content (AvgIpc) is 3.06. The van der Waals surface area contributed by atoms with Crippen LogP contribution in [0.2, 0.25) is 5.02 Å². The summed E-state index contributed by atoms with van der Waals surface area (Å²) in [4.78, 5) is 16.7. The number of aryl methyl sites for hydroxylation is 1. The van der Waals surface area contributed by atoms with E-state index in [1.54, 1.807) is 17.0 Å². The second-order valence-corrected chi connectivity index (χ2v) is 5.12. The molecule has 0 N–H and O–H groups in total. The lowest BCUT2D eigenvalue weighted by Crippen LogP contribution is -2.27. The van der Waals surface area contributed by atoms with Gasteiger partial charge in [0.05, 0.1) is 5.41 Å². The zero-order valence-electron chi connectivity index (χ0n) is 10.1. The molecule has 1 aliphatic carbocycles. The minimum atomic E-state index is -0.441. The molecule has 0 amide bonds. The Hall–Kier alpha value is -1.61. The predicted molar refractivity (Wildman–Crippen MR) is 70.0 cm³/mol. The van der Waals surface area contributed by atoms with E-state index in [1.807, 2.05) is 31.2 Å². The summed E-state index contributed by atoms with van der Waals surface area (Å²) < 4.78 is 1.62. The second-order valence-electron chi connectivity index (χ2n) is 4.71. The monoisotopic (exact) mass is 260 g/mol. The van der Waals surface area contributed by atoms with Crippen molar-refractivity contribution in [2.24, 2.45) is 0 Å². The Labute approximate surface area is 110 Å². The van der Waals surface area contributed by atoms with Crippen molar-refractivity contribution in [2.75, 3.05) is 0 Å². The molecule has 2 aromatic rings. The van der Waals surface area contributed by atoms with Gasteiger partial charge in [-0.15, -0.1) is 0 Å². The lowest BCUT2D eigenvalue weighted by Gasteiger charge is -2.17. The standard InChI is InChI=1S/C14H13ClN2O/c1-10-16-8-9-17(10)13(18)14(6-7-14)11-4-2-3-5-12(11)15/h2-5,8-9H,6-7H2,1H3. The van der Waals surface area contributed by atoms with Gasteiger partial charge >= 0.3 is 0 Å². The van der Waals surface area contributed by atoms with Crippen molar-refractivity contribution < 1.29 is 4.79 Å². The number of aromatic nitrogens is 2. The summed E-state index contributed by atoms with van der Waals surface area (Å²) in [6.07, 6.45) is 5.07. The van der Waals surface area contributed by atoms with Crippen molar-refractivity contribution in [3.63, 3.8) is 0 Å². The smallest absolute Gasteiger partial charge is 0.242 e. The fraction of sp³-hybridized carbons (Fsp3) is 0.286. The third kappa shape index (κ3) is 1.58. The van der Waals surface area contributed by atoms with Crippen LogP contribution in [0.4, 0.5) is 0 Å². The van der Waals surface area contributed by atoms with Crippen LogP contribution < -0.4 is 0 Å². The van der Waals surface area contributed by atoms with Crippen molar-refractivity contribution in [1.82, 2.24) is 9.55 Å². The molecule has 1 saturated carbocycles. The van der Waals surface area contributed by atoms with Crippen LogP contribution in [0.1, 0.15) is 29.0 Å². The van der Waals surface area contributed by atoms with Gasteiger partial charge in [-0.05, 0) is 31.4 Å². The van der Waals surface area contributed by atoms with Crippen LogP contribution in [0.25, 0.3) is 0 Å². The van der Waals surface area contributed by atoms with Crippen molar-refractivity contribution in [3.05, 3.63) is 53.1 Å². The van der Waals surface area contributed by atoms with Crippen LogP contribution in [0, 0.1) is 6.92 Å². The third-order valence-electron chi connectivity index (χ3n) is 3.59. The molecule has 1 aromatic carbocycles. The quantitative estimate of drug-likeness (QED) is 0.831. The predicted octanol–water partition coefficient (Wildman–Crippen LogP) is 3.22. The maximum atomic E-state index is 12.6. The molecular weight excluding hydrogens is 248 g/mol. The first-order valence-corrected chi connectivity index (χ1v) is 6.33. The number of imidazole rings is 1. The Balaban J connectivity index is 2.05. The summed E-state index contributed by atoms with van der Waals surface area (Å²) in [7, 11) is 0. The zero-order valence-corrected chi connectivity index (χ0v) is 10.8. The van der Waals surface area contributed by atoms with Gasteiger partial charge in [0.2, 0.25) is 5.91 Å². The molecular formula is C14H13ClN2O. The number of carbonyl (C=O) groups is 1. The molecule has 0 atom stereocenters. The first-order chi connectivity index (χ1) is 8.65. The lowest BCUT2D eigenvalue weighted by atomic mass is 9.95. The normalized spacial score (nSPS) is 16.6. The van der Waals surface area contributed by atoms with E-state index in [-0.39, 0.29) is 5.91 Å². The van der Waals surface area contributed by atoms with Gasteiger partial charge < -0.3 is 0 Å². The van der Waals surface area contributed by atoms with Crippen LogP contribution in [0.3, 0.4) is 0 Å². The van der Waals surface area contributed by atoms with E-state index in [4.69, 9.17) is 11.6 Å². The molecule has 3 rings (SSSR count). The molecule has 0 bridgehead atoms. The maximum absolute atomic E-state index is 12.6. The maximum Gasteiger partial charge on any atom is 0.242 e. The Morgan fingerprint density at radius 2 is 2.11 bits per heavy atom. The van der Waals surface area contributed by atoms with E-state index in [9.17, 15) is 4.79 Å². The topological polar surface area (TPSA) is 34.9 Å². The fourth-order valence-corrected chi connectivity index (χ4v) is 2.71. The van der Waals surface area contributed by atoms with Crippen molar-refractivity contribution in [2.45, 2.75) is 25.2 Å². The van der Waals surface area contributed by atoms with Crippen LogP contribution >= 0.6 is 11.6 Å². The molecule has 18 heavy (non-hydrogen) atoms. The molecule has 0 radical (unpaired) electrons. The van der Waals surface area contributed by atoms with Gasteiger partial charge in [0.15, 0.2) is 0 Å². The number of rotatable bonds is 2.